The third-order valence-electron chi connectivity index (χ3n) is 4.97. The maximum absolute atomic E-state index is 13.3. The molecule has 0 bridgehead atoms. The van der Waals surface area contributed by atoms with Gasteiger partial charge in [-0.3, -0.25) is 14.5 Å². The lowest BCUT2D eigenvalue weighted by Crippen LogP contribution is -2.44. The van der Waals surface area contributed by atoms with Gasteiger partial charge in [0.25, 0.3) is 11.8 Å². The number of nitrogens with two attached hydrogens (primary N) is 1. The minimum absolute atomic E-state index is 0.267. The minimum Gasteiger partial charge on any atom is -0.496 e. The Kier molecular flexibility index (Phi) is 4.51. The van der Waals surface area contributed by atoms with Crippen molar-refractivity contribution in [3.05, 3.63) is 53.6 Å². The van der Waals surface area contributed by atoms with Crippen LogP contribution in [0.25, 0.3) is 21.5 Å². The summed E-state index contributed by atoms with van der Waals surface area (Å²) in [5, 5.41) is 6.38. The van der Waals surface area contributed by atoms with E-state index in [9.17, 15) is 9.59 Å². The highest BCUT2D eigenvalue weighted by Gasteiger charge is 2.34. The molecule has 1 aliphatic heterocycles. The standard InChI is InChI=1S/C21H21N3O3/c1-27-17-7-6-15-18-16(17)12-13-4-2-3-5-14(13)19(18)21(26)24(20(15)25)11-10-23-9-8-22/h2-7,12,23H,8-11,22H2,1H3. The quantitative estimate of drug-likeness (QED) is 0.398. The lowest BCUT2D eigenvalue weighted by Gasteiger charge is -2.28. The van der Waals surface area contributed by atoms with Crippen LogP contribution < -0.4 is 15.8 Å². The van der Waals surface area contributed by atoms with E-state index in [2.05, 4.69) is 5.32 Å². The number of methoxy groups -OCH3 is 1. The van der Waals surface area contributed by atoms with E-state index in [1.165, 1.54) is 4.90 Å². The summed E-state index contributed by atoms with van der Waals surface area (Å²) >= 11 is 0. The van der Waals surface area contributed by atoms with Gasteiger partial charge in [-0.05, 0) is 29.0 Å². The molecular formula is C21H21N3O3. The molecule has 3 N–H and O–H groups in total. The fraction of sp³-hybridized carbons (Fsp3) is 0.238. The van der Waals surface area contributed by atoms with Gasteiger partial charge in [-0.25, -0.2) is 0 Å². The number of carbonyl (C=O) groups excluding carboxylic acids is 2. The molecule has 2 amide bonds. The average Bonchev–Trinajstić information content (AvgIpc) is 2.69. The van der Waals surface area contributed by atoms with Crippen LogP contribution in [0.4, 0.5) is 0 Å². The van der Waals surface area contributed by atoms with E-state index in [1.807, 2.05) is 30.3 Å². The van der Waals surface area contributed by atoms with Crippen molar-refractivity contribution in [1.82, 2.24) is 10.2 Å². The molecule has 3 aromatic rings. The number of imide groups is 1. The maximum Gasteiger partial charge on any atom is 0.262 e. The number of ether oxygens (including phenoxy) is 1. The zero-order chi connectivity index (χ0) is 19.0. The Balaban J connectivity index is 1.93. The molecule has 0 spiro atoms. The monoisotopic (exact) mass is 363 g/mol. The highest BCUT2D eigenvalue weighted by molar-refractivity contribution is 6.31. The number of nitrogens with zero attached hydrogens (tertiary/aromatic N) is 1. The Bertz CT molecular complexity index is 1060. The van der Waals surface area contributed by atoms with Crippen molar-refractivity contribution in [2.75, 3.05) is 33.3 Å². The summed E-state index contributed by atoms with van der Waals surface area (Å²) < 4.78 is 5.49. The summed E-state index contributed by atoms with van der Waals surface area (Å²) in [6.07, 6.45) is 0. The lowest BCUT2D eigenvalue weighted by molar-refractivity contribution is 0.0613. The highest BCUT2D eigenvalue weighted by atomic mass is 16.5. The molecule has 0 saturated carbocycles. The molecule has 3 aromatic carbocycles. The molecule has 0 aliphatic carbocycles. The molecule has 1 aliphatic rings. The number of hydrogen-bond donors (Lipinski definition) is 2. The predicted molar refractivity (Wildman–Crippen MR) is 105 cm³/mol. The first-order valence-corrected chi connectivity index (χ1v) is 8.96. The van der Waals surface area contributed by atoms with Gasteiger partial charge in [0.1, 0.15) is 5.75 Å². The number of rotatable bonds is 6. The molecule has 27 heavy (non-hydrogen) atoms. The van der Waals surface area contributed by atoms with E-state index in [0.29, 0.717) is 48.4 Å². The van der Waals surface area contributed by atoms with Crippen molar-refractivity contribution in [2.24, 2.45) is 5.73 Å². The highest BCUT2D eigenvalue weighted by Crippen LogP contribution is 2.39. The van der Waals surface area contributed by atoms with Gasteiger partial charge >= 0.3 is 0 Å². The summed E-state index contributed by atoms with van der Waals surface area (Å²) in [6.45, 7) is 1.96. The first-order chi connectivity index (χ1) is 13.2. The van der Waals surface area contributed by atoms with Gasteiger partial charge in [0, 0.05) is 42.5 Å². The molecule has 138 valence electrons. The minimum atomic E-state index is -0.273. The SMILES string of the molecule is COc1ccc2c3c(c4ccccc4cc13)C(=O)N(CCNCCN)C2=O. The molecule has 0 atom stereocenters. The van der Waals surface area contributed by atoms with Crippen LogP contribution in [0.1, 0.15) is 20.7 Å². The molecule has 4 rings (SSSR count). The van der Waals surface area contributed by atoms with Gasteiger partial charge in [0.2, 0.25) is 0 Å². The van der Waals surface area contributed by atoms with Crippen LogP contribution in [-0.4, -0.2) is 50.0 Å². The van der Waals surface area contributed by atoms with Crippen molar-refractivity contribution >= 4 is 33.4 Å². The number of fused-ring (bicyclic) bond motifs is 2. The number of hydrogen-bond acceptors (Lipinski definition) is 5. The van der Waals surface area contributed by atoms with Gasteiger partial charge in [-0.2, -0.15) is 0 Å². The van der Waals surface area contributed by atoms with Crippen LogP contribution in [-0.2, 0) is 0 Å². The number of benzene rings is 3. The number of nitrogens with one attached hydrogen (secondary N) is 1. The number of amides is 2. The van der Waals surface area contributed by atoms with Crippen molar-refractivity contribution in [3.8, 4) is 5.75 Å². The van der Waals surface area contributed by atoms with Crippen molar-refractivity contribution < 1.29 is 14.3 Å². The van der Waals surface area contributed by atoms with Crippen LogP contribution in [0, 0.1) is 0 Å². The van der Waals surface area contributed by atoms with Gasteiger partial charge in [-0.15, -0.1) is 0 Å². The van der Waals surface area contributed by atoms with Crippen LogP contribution in [0.3, 0.4) is 0 Å². The van der Waals surface area contributed by atoms with Crippen molar-refractivity contribution in [1.29, 1.82) is 0 Å². The molecule has 1 heterocycles. The average molecular weight is 363 g/mol. The normalized spacial score (nSPS) is 13.6. The Morgan fingerprint density at radius 3 is 2.63 bits per heavy atom. The Morgan fingerprint density at radius 2 is 1.85 bits per heavy atom. The predicted octanol–water partition coefficient (Wildman–Crippen LogP) is 2.15. The zero-order valence-corrected chi connectivity index (χ0v) is 15.1. The molecule has 6 heteroatoms. The lowest BCUT2D eigenvalue weighted by atomic mass is 9.89. The van der Waals surface area contributed by atoms with Crippen LogP contribution in [0.5, 0.6) is 5.75 Å². The fourth-order valence-corrected chi connectivity index (χ4v) is 3.73. The fourth-order valence-electron chi connectivity index (χ4n) is 3.73. The molecular weight excluding hydrogens is 342 g/mol. The largest absolute Gasteiger partial charge is 0.496 e. The second-order valence-electron chi connectivity index (χ2n) is 6.51. The smallest absolute Gasteiger partial charge is 0.262 e. The van der Waals surface area contributed by atoms with Gasteiger partial charge in [0.15, 0.2) is 0 Å². The van der Waals surface area contributed by atoms with E-state index in [0.717, 1.165) is 16.2 Å². The maximum atomic E-state index is 13.3. The molecule has 0 aromatic heterocycles. The van der Waals surface area contributed by atoms with Crippen LogP contribution >= 0.6 is 0 Å². The Hall–Kier alpha value is -2.96. The summed E-state index contributed by atoms with van der Waals surface area (Å²) in [6, 6.07) is 13.2. The van der Waals surface area contributed by atoms with Crippen LogP contribution in [0.2, 0.25) is 0 Å². The first kappa shape index (κ1) is 17.5. The van der Waals surface area contributed by atoms with Gasteiger partial charge in [-0.1, -0.05) is 24.3 Å². The van der Waals surface area contributed by atoms with Crippen molar-refractivity contribution in [2.45, 2.75) is 0 Å². The molecule has 6 nitrogen and oxygen atoms in total. The summed E-state index contributed by atoms with van der Waals surface area (Å²) in [5.74, 6) is 0.112. The number of carbonyl (C=O) groups is 2. The topological polar surface area (TPSA) is 84.7 Å². The third-order valence-corrected chi connectivity index (χ3v) is 4.97. The summed E-state index contributed by atoms with van der Waals surface area (Å²) in [5.41, 5.74) is 6.58. The van der Waals surface area contributed by atoms with Gasteiger partial charge in [0.05, 0.1) is 12.7 Å². The van der Waals surface area contributed by atoms with E-state index in [-0.39, 0.29) is 11.8 Å². The Labute approximate surface area is 156 Å². The molecule has 0 radical (unpaired) electrons. The van der Waals surface area contributed by atoms with E-state index >= 15 is 0 Å². The molecule has 0 fully saturated rings. The van der Waals surface area contributed by atoms with E-state index in [1.54, 1.807) is 19.2 Å². The third kappa shape index (κ3) is 2.74. The molecule has 0 saturated heterocycles. The van der Waals surface area contributed by atoms with E-state index < -0.39 is 0 Å². The Morgan fingerprint density at radius 1 is 1.04 bits per heavy atom. The summed E-state index contributed by atoms with van der Waals surface area (Å²) in [4.78, 5) is 27.6. The zero-order valence-electron chi connectivity index (χ0n) is 15.1. The van der Waals surface area contributed by atoms with E-state index in [4.69, 9.17) is 10.5 Å². The first-order valence-electron chi connectivity index (χ1n) is 8.96. The molecule has 0 unspecified atom stereocenters. The van der Waals surface area contributed by atoms with Gasteiger partial charge < -0.3 is 15.8 Å². The summed E-state index contributed by atoms with van der Waals surface area (Å²) in [7, 11) is 1.59. The van der Waals surface area contributed by atoms with Crippen molar-refractivity contribution in [3.63, 3.8) is 0 Å². The second-order valence-corrected chi connectivity index (χ2v) is 6.51. The second kappa shape index (κ2) is 6.98. The van der Waals surface area contributed by atoms with Crippen LogP contribution in [0.15, 0.2) is 42.5 Å².